The highest BCUT2D eigenvalue weighted by Gasteiger charge is 2.67. The van der Waals surface area contributed by atoms with Crippen molar-refractivity contribution in [3.8, 4) is 11.1 Å². The first kappa shape index (κ1) is 23.8. The van der Waals surface area contributed by atoms with Crippen molar-refractivity contribution in [3.05, 3.63) is 76.4 Å². The fourth-order valence-corrected chi connectivity index (χ4v) is 16.2. The summed E-state index contributed by atoms with van der Waals surface area (Å²) in [5.41, 5.74) is 18.1. The highest BCUT2D eigenvalue weighted by Crippen LogP contribution is 2.78. The quantitative estimate of drug-likeness (QED) is 0.172. The van der Waals surface area contributed by atoms with Gasteiger partial charge < -0.3 is 4.40 Å². The number of rotatable bonds is 0. The van der Waals surface area contributed by atoms with E-state index in [2.05, 4.69) is 47.1 Å². The lowest BCUT2D eigenvalue weighted by Gasteiger charge is -2.48. The van der Waals surface area contributed by atoms with Crippen LogP contribution in [0.3, 0.4) is 0 Å². The average Bonchev–Trinajstić information content (AvgIpc) is 3.87. The van der Waals surface area contributed by atoms with Crippen LogP contribution in [0.1, 0.15) is 122 Å². The maximum Gasteiger partial charge on any atom is 0.0728 e. The number of aryl methyl sites for hydroxylation is 2. The number of nitrogens with zero attached hydrogens (tertiary/aromatic N) is 3. The third kappa shape index (κ3) is 2.29. The van der Waals surface area contributed by atoms with Crippen LogP contribution in [0.15, 0.2) is 42.7 Å². The summed E-state index contributed by atoms with van der Waals surface area (Å²) in [5.74, 6) is 6.64. The number of hydrogen-bond donors (Lipinski definition) is 0. The van der Waals surface area contributed by atoms with Crippen LogP contribution in [0.4, 0.5) is 0 Å². The molecule has 47 heavy (non-hydrogen) atoms. The van der Waals surface area contributed by atoms with E-state index in [4.69, 9.17) is 9.97 Å². The van der Waals surface area contributed by atoms with E-state index in [0.29, 0.717) is 34.5 Å². The van der Waals surface area contributed by atoms with Gasteiger partial charge in [-0.25, -0.2) is 0 Å². The second-order valence-corrected chi connectivity index (χ2v) is 18.6. The molecule has 9 aliphatic carbocycles. The topological polar surface area (TPSA) is 30.2 Å². The van der Waals surface area contributed by atoms with Gasteiger partial charge in [0.25, 0.3) is 0 Å². The molecule has 0 aliphatic heterocycles. The second kappa shape index (κ2) is 7.12. The molecule has 0 radical (unpaired) electrons. The third-order valence-electron chi connectivity index (χ3n) is 17.6. The number of hydrogen-bond acceptors (Lipinski definition) is 2. The first-order valence-electron chi connectivity index (χ1n) is 19.3. The summed E-state index contributed by atoms with van der Waals surface area (Å²) in [6, 6.07) is 12.0. The average molecular weight is 610 g/mol. The minimum Gasteiger partial charge on any atom is -0.305 e. The fraction of sp³-hybridized carbons (Fsp3) is 0.500. The SMILES string of the molecule is c1ccc2c(c1)CCc1c-2cc2c3c4c(ncc3n3c5cnc6c(c5c1c23)C1CC2CC3CC6CC32C1)C1CC2CC3CC4CC23C1. The molecule has 6 aromatic rings. The Morgan fingerprint density at radius 3 is 1.89 bits per heavy atom. The van der Waals surface area contributed by atoms with Gasteiger partial charge in [-0.1, -0.05) is 24.3 Å². The molecule has 2 spiro atoms. The summed E-state index contributed by atoms with van der Waals surface area (Å²) < 4.78 is 2.71. The minimum atomic E-state index is 0.647. The molecule has 9 aliphatic rings. The van der Waals surface area contributed by atoms with Crippen molar-refractivity contribution in [3.63, 3.8) is 0 Å². The molecule has 230 valence electrons. The van der Waals surface area contributed by atoms with Gasteiger partial charge in [0.1, 0.15) is 0 Å². The Labute approximate surface area is 274 Å². The Balaban J connectivity index is 1.13. The standard InChI is InChI=1S/C44H39N3/c1-2-4-29-20(3-1)5-6-30-31(29)13-32-37-33(18-45-40-23-9-27-11-25-7-21(35(37)40)14-43(25,27)16-23)47-34-19-46-41-24-10-28-12-26-8-22(15-44(26,28)17-24)36(41)39(34)38(30)42(32)47/h1-4,13,18-19,21-28H,5-12,14-17H2. The molecule has 6 fully saturated rings. The number of pyridine rings is 2. The monoisotopic (exact) mass is 609 g/mol. The molecule has 0 N–H and O–H groups in total. The molecule has 10 unspecified atom stereocenters. The summed E-state index contributed by atoms with van der Waals surface area (Å²) in [6.45, 7) is 0. The van der Waals surface area contributed by atoms with Crippen molar-refractivity contribution in [2.75, 3.05) is 0 Å². The lowest BCUT2D eigenvalue weighted by molar-refractivity contribution is 0.00321. The van der Waals surface area contributed by atoms with Crippen LogP contribution in [-0.2, 0) is 12.8 Å². The first-order chi connectivity index (χ1) is 23.2. The lowest BCUT2D eigenvalue weighted by Crippen LogP contribution is -2.41. The molecule has 10 atom stereocenters. The Morgan fingerprint density at radius 2 is 1.19 bits per heavy atom. The van der Waals surface area contributed by atoms with Crippen molar-refractivity contribution in [1.82, 2.24) is 14.4 Å². The number of aromatic nitrogens is 3. The van der Waals surface area contributed by atoms with Crippen LogP contribution in [0, 0.1) is 34.5 Å². The fourth-order valence-electron chi connectivity index (χ4n) is 16.2. The third-order valence-corrected chi connectivity index (χ3v) is 17.6. The van der Waals surface area contributed by atoms with Crippen LogP contribution in [-0.4, -0.2) is 14.4 Å². The first-order valence-corrected chi connectivity index (χ1v) is 19.3. The van der Waals surface area contributed by atoms with Crippen LogP contribution >= 0.6 is 0 Å². The van der Waals surface area contributed by atoms with E-state index in [-0.39, 0.29) is 0 Å². The molecule has 3 heteroatoms. The van der Waals surface area contributed by atoms with E-state index in [1.54, 1.807) is 32.8 Å². The summed E-state index contributed by atoms with van der Waals surface area (Å²) >= 11 is 0. The van der Waals surface area contributed by atoms with Gasteiger partial charge >= 0.3 is 0 Å². The van der Waals surface area contributed by atoms with Crippen LogP contribution in [0.5, 0.6) is 0 Å². The van der Waals surface area contributed by atoms with E-state index in [0.717, 1.165) is 36.5 Å². The van der Waals surface area contributed by atoms with Crippen molar-refractivity contribution in [2.45, 2.75) is 101 Å². The predicted octanol–water partition coefficient (Wildman–Crippen LogP) is 10.2. The molecular weight excluding hydrogens is 571 g/mol. The van der Waals surface area contributed by atoms with E-state index < -0.39 is 0 Å². The molecule has 3 nitrogen and oxygen atoms in total. The summed E-state index contributed by atoms with van der Waals surface area (Å²) in [7, 11) is 0. The van der Waals surface area contributed by atoms with Crippen molar-refractivity contribution in [2.24, 2.45) is 34.5 Å². The lowest BCUT2D eigenvalue weighted by atomic mass is 9.56. The van der Waals surface area contributed by atoms with Crippen molar-refractivity contribution in [1.29, 1.82) is 0 Å². The van der Waals surface area contributed by atoms with Crippen molar-refractivity contribution >= 4 is 38.1 Å². The Kier molecular flexibility index (Phi) is 3.60. The van der Waals surface area contributed by atoms with Crippen LogP contribution < -0.4 is 0 Å². The normalized spacial score (nSPS) is 40.3. The summed E-state index contributed by atoms with van der Waals surface area (Å²) in [4.78, 5) is 11.1. The Morgan fingerprint density at radius 1 is 0.596 bits per heavy atom. The highest BCUT2D eigenvalue weighted by atomic mass is 15.0. The van der Waals surface area contributed by atoms with Gasteiger partial charge in [0.15, 0.2) is 0 Å². The van der Waals surface area contributed by atoms with E-state index in [1.807, 2.05) is 0 Å². The van der Waals surface area contributed by atoms with Crippen LogP contribution in [0.25, 0.3) is 49.2 Å². The van der Waals surface area contributed by atoms with Gasteiger partial charge in [-0.3, -0.25) is 9.97 Å². The van der Waals surface area contributed by atoms with Crippen molar-refractivity contribution < 1.29 is 0 Å². The van der Waals surface area contributed by atoms with E-state index in [9.17, 15) is 0 Å². The van der Waals surface area contributed by atoms with Crippen LogP contribution in [0.2, 0.25) is 0 Å². The van der Waals surface area contributed by atoms with Gasteiger partial charge in [0, 0.05) is 44.8 Å². The molecule has 6 saturated carbocycles. The zero-order valence-electron chi connectivity index (χ0n) is 27.0. The van der Waals surface area contributed by atoms with Gasteiger partial charge in [-0.05, 0) is 163 Å². The van der Waals surface area contributed by atoms with E-state index in [1.165, 1.54) is 114 Å². The van der Waals surface area contributed by atoms with E-state index >= 15 is 0 Å². The largest absolute Gasteiger partial charge is 0.305 e. The molecule has 4 heterocycles. The maximum atomic E-state index is 5.55. The predicted molar refractivity (Wildman–Crippen MR) is 185 cm³/mol. The highest BCUT2D eigenvalue weighted by molar-refractivity contribution is 6.27. The molecule has 15 rings (SSSR count). The summed E-state index contributed by atoms with van der Waals surface area (Å²) in [5, 5.41) is 6.32. The van der Waals surface area contributed by atoms with Gasteiger partial charge in [0.05, 0.1) is 28.9 Å². The van der Waals surface area contributed by atoms with Gasteiger partial charge in [-0.2, -0.15) is 0 Å². The molecule has 0 amide bonds. The molecular formula is C44H39N3. The smallest absolute Gasteiger partial charge is 0.0728 e. The number of benzene rings is 2. The second-order valence-electron chi connectivity index (χ2n) is 18.6. The summed E-state index contributed by atoms with van der Waals surface area (Å²) in [6.07, 6.45) is 21.3. The molecule has 2 aromatic carbocycles. The molecule has 4 aromatic heterocycles. The number of fused-ring (bicyclic) bond motifs is 22. The zero-order chi connectivity index (χ0) is 29.7. The minimum absolute atomic E-state index is 0.647. The zero-order valence-corrected chi connectivity index (χ0v) is 27.0. The van der Waals surface area contributed by atoms with Gasteiger partial charge in [-0.15, -0.1) is 0 Å². The molecule has 6 bridgehead atoms. The molecule has 0 saturated heterocycles. The maximum absolute atomic E-state index is 5.55. The van der Waals surface area contributed by atoms with Gasteiger partial charge in [0.2, 0.25) is 0 Å². The Hall–Kier alpha value is -3.46. The Bertz CT molecular complexity index is 2520.